The average molecular weight is 703 g/mol. The molecule has 1 aliphatic heterocycles. The molecule has 0 unspecified atom stereocenters. The molecule has 1 saturated heterocycles. The predicted octanol–water partition coefficient (Wildman–Crippen LogP) is 8.09. The highest BCUT2D eigenvalue weighted by atomic mass is 32.9. The molecule has 0 radical (unpaired) electrons. The molecular weight excluding hydrogens is 655 g/mol. The quantitative estimate of drug-likeness (QED) is 0.102. The van der Waals surface area contributed by atoms with Crippen molar-refractivity contribution in [2.75, 3.05) is 19.8 Å². The van der Waals surface area contributed by atoms with Gasteiger partial charge >= 0.3 is 5.97 Å². The van der Waals surface area contributed by atoms with Crippen LogP contribution in [0.15, 0.2) is 91.0 Å². The van der Waals surface area contributed by atoms with Gasteiger partial charge in [0.1, 0.15) is 18.3 Å². The van der Waals surface area contributed by atoms with Crippen LogP contribution in [0, 0.1) is 5.41 Å². The van der Waals surface area contributed by atoms with Crippen LogP contribution in [0.2, 0.25) is 0 Å². The molecule has 0 aliphatic carbocycles. The standard InChI is InChI=1S/C36H47O8PS2/c1-6-41-45(46,42-7-2)47-34-33(44-35(37)36(3,4)5)32(40-25-29-21-15-10-16-22-29)31(39-24-28-19-13-9-14-20-28)30(43-34)26-38-23-27-17-11-8-12-18-27/h8-22,30-34H,6-7,23-26H2,1-5H3/t30-,31-,32+,33-,34-/m1/s1. The molecule has 0 aromatic heterocycles. The maximum absolute atomic E-state index is 13.5. The lowest BCUT2D eigenvalue weighted by molar-refractivity contribution is -0.251. The number of ether oxygens (including phenoxy) is 5. The first-order valence-electron chi connectivity index (χ1n) is 16.0. The Bertz CT molecular complexity index is 1380. The second kappa shape index (κ2) is 18.6. The summed E-state index contributed by atoms with van der Waals surface area (Å²) >= 11 is 7.19. The van der Waals surface area contributed by atoms with Gasteiger partial charge in [0.2, 0.25) is 5.69 Å². The summed E-state index contributed by atoms with van der Waals surface area (Å²) in [7, 11) is 0. The van der Waals surface area contributed by atoms with Gasteiger partial charge in [0.25, 0.3) is 0 Å². The summed E-state index contributed by atoms with van der Waals surface area (Å²) in [5.74, 6) is -0.397. The van der Waals surface area contributed by atoms with Crippen molar-refractivity contribution < 1.29 is 37.5 Å². The summed E-state index contributed by atoms with van der Waals surface area (Å²) < 4.78 is 44.7. The summed E-state index contributed by atoms with van der Waals surface area (Å²) in [4.78, 5) is 13.5. The van der Waals surface area contributed by atoms with Gasteiger partial charge in [-0.05, 0) is 74.5 Å². The smallest absolute Gasteiger partial charge is 0.311 e. The third kappa shape index (κ3) is 11.8. The summed E-state index contributed by atoms with van der Waals surface area (Å²) in [6.45, 7) is 11.1. The number of rotatable bonds is 17. The van der Waals surface area contributed by atoms with Crippen LogP contribution in [0.1, 0.15) is 51.3 Å². The third-order valence-electron chi connectivity index (χ3n) is 7.22. The lowest BCUT2D eigenvalue weighted by atomic mass is 9.95. The van der Waals surface area contributed by atoms with Gasteiger partial charge in [-0.1, -0.05) is 91.0 Å². The molecular formula is C36H47O8PS2. The van der Waals surface area contributed by atoms with E-state index >= 15 is 0 Å². The van der Waals surface area contributed by atoms with Crippen molar-refractivity contribution >= 4 is 34.9 Å². The summed E-state index contributed by atoms with van der Waals surface area (Å²) in [5.41, 5.74) is -1.47. The highest BCUT2D eigenvalue weighted by Crippen LogP contribution is 2.64. The number of carbonyl (C=O) groups is 1. The molecule has 4 rings (SSSR count). The van der Waals surface area contributed by atoms with Gasteiger partial charge in [-0.25, -0.2) is 0 Å². The van der Waals surface area contributed by atoms with Crippen molar-refractivity contribution in [1.82, 2.24) is 0 Å². The first-order valence-corrected chi connectivity index (χ1v) is 20.1. The molecule has 1 heterocycles. The molecule has 0 spiro atoms. The number of hydrogen-bond donors (Lipinski definition) is 0. The molecule has 256 valence electrons. The van der Waals surface area contributed by atoms with Gasteiger partial charge in [-0.3, -0.25) is 4.79 Å². The second-order valence-corrected chi connectivity index (χ2v) is 18.4. The zero-order chi connectivity index (χ0) is 33.7. The Morgan fingerprint density at radius 3 is 1.68 bits per heavy atom. The Balaban J connectivity index is 1.72. The van der Waals surface area contributed by atoms with E-state index in [1.54, 1.807) is 0 Å². The van der Waals surface area contributed by atoms with Gasteiger partial charge in [0, 0.05) is 0 Å². The van der Waals surface area contributed by atoms with Crippen LogP contribution < -0.4 is 0 Å². The summed E-state index contributed by atoms with van der Waals surface area (Å²) in [6, 6.07) is 29.7. The molecule has 3 aromatic carbocycles. The Hall–Kier alpha value is -2.11. The number of hydrogen-bond acceptors (Lipinski definition) is 10. The molecule has 0 bridgehead atoms. The minimum atomic E-state index is -2.90. The van der Waals surface area contributed by atoms with Gasteiger partial charge in [0.15, 0.2) is 11.5 Å². The number of carbonyl (C=O) groups excluding carboxylic acids is 1. The molecule has 0 amide bonds. The summed E-state index contributed by atoms with van der Waals surface area (Å²) in [5, 5.41) is 0. The van der Waals surface area contributed by atoms with Crippen LogP contribution in [-0.4, -0.2) is 55.6 Å². The van der Waals surface area contributed by atoms with Crippen LogP contribution >= 0.6 is 17.1 Å². The minimum Gasteiger partial charge on any atom is -0.455 e. The lowest BCUT2D eigenvalue weighted by Crippen LogP contribution is -2.61. The maximum atomic E-state index is 13.5. The van der Waals surface area contributed by atoms with Crippen molar-refractivity contribution in [3.05, 3.63) is 108 Å². The molecule has 1 fully saturated rings. The zero-order valence-electron chi connectivity index (χ0n) is 27.8. The van der Waals surface area contributed by atoms with Crippen molar-refractivity contribution in [3.63, 3.8) is 0 Å². The van der Waals surface area contributed by atoms with Gasteiger partial charge in [-0.2, -0.15) is 0 Å². The van der Waals surface area contributed by atoms with E-state index in [9.17, 15) is 4.79 Å². The molecule has 0 N–H and O–H groups in total. The Kier molecular flexibility index (Phi) is 14.9. The Labute approximate surface area is 288 Å². The van der Waals surface area contributed by atoms with Crippen molar-refractivity contribution in [2.24, 2.45) is 5.41 Å². The fourth-order valence-electron chi connectivity index (χ4n) is 4.86. The van der Waals surface area contributed by atoms with E-state index in [2.05, 4.69) is 0 Å². The highest BCUT2D eigenvalue weighted by Gasteiger charge is 2.52. The monoisotopic (exact) mass is 702 g/mol. The zero-order valence-corrected chi connectivity index (χ0v) is 30.3. The maximum Gasteiger partial charge on any atom is 0.311 e. The van der Waals surface area contributed by atoms with Crippen LogP contribution in [0.4, 0.5) is 0 Å². The van der Waals surface area contributed by atoms with E-state index in [-0.39, 0.29) is 13.2 Å². The Morgan fingerprint density at radius 1 is 0.745 bits per heavy atom. The Morgan fingerprint density at radius 2 is 1.21 bits per heavy atom. The van der Waals surface area contributed by atoms with E-state index in [0.717, 1.165) is 16.7 Å². The number of esters is 1. The van der Waals surface area contributed by atoms with Crippen LogP contribution in [0.25, 0.3) is 0 Å². The van der Waals surface area contributed by atoms with E-state index in [1.807, 2.05) is 126 Å². The SMILES string of the molecule is CCOP(=S)(OCC)S[C@H]1O[C@H](COCc2ccccc2)[C@@H](OCc2ccccc2)[C@H](OCc2ccccc2)[C@H]1OC(=O)C(C)(C)C. The molecule has 1 aliphatic rings. The number of benzene rings is 3. The van der Waals surface area contributed by atoms with Crippen molar-refractivity contribution in [1.29, 1.82) is 0 Å². The van der Waals surface area contributed by atoms with E-state index in [1.165, 1.54) is 11.4 Å². The normalized spacial score (nSPS) is 21.8. The molecule has 8 nitrogen and oxygen atoms in total. The van der Waals surface area contributed by atoms with Gasteiger partial charge in [-0.15, -0.1) is 0 Å². The predicted molar refractivity (Wildman–Crippen MR) is 189 cm³/mol. The van der Waals surface area contributed by atoms with Gasteiger partial charge < -0.3 is 32.7 Å². The highest BCUT2D eigenvalue weighted by molar-refractivity contribution is 8.68. The largest absolute Gasteiger partial charge is 0.455 e. The van der Waals surface area contributed by atoms with Gasteiger partial charge in [0.05, 0.1) is 45.1 Å². The molecule has 11 heteroatoms. The van der Waals surface area contributed by atoms with Crippen LogP contribution in [0.5, 0.6) is 0 Å². The third-order valence-corrected chi connectivity index (χ3v) is 12.6. The fourth-order valence-corrected chi connectivity index (χ4v) is 10.1. The summed E-state index contributed by atoms with van der Waals surface area (Å²) in [6.07, 6.45) is -2.91. The molecule has 0 saturated carbocycles. The van der Waals surface area contributed by atoms with E-state index in [4.69, 9.17) is 44.5 Å². The molecule has 47 heavy (non-hydrogen) atoms. The van der Waals surface area contributed by atoms with Crippen molar-refractivity contribution in [3.8, 4) is 0 Å². The molecule has 5 atom stereocenters. The van der Waals surface area contributed by atoms with Crippen molar-refractivity contribution in [2.45, 2.75) is 84.3 Å². The van der Waals surface area contributed by atoms with E-state index in [0.29, 0.717) is 26.4 Å². The van der Waals surface area contributed by atoms with E-state index < -0.39 is 46.9 Å². The van der Waals surface area contributed by atoms with Crippen LogP contribution in [0.3, 0.4) is 0 Å². The molecule has 3 aromatic rings. The van der Waals surface area contributed by atoms with Crippen LogP contribution in [-0.2, 0) is 69.2 Å². The lowest BCUT2D eigenvalue weighted by Gasteiger charge is -2.46. The average Bonchev–Trinajstić information content (AvgIpc) is 3.05. The first kappa shape index (κ1) is 37.7. The topological polar surface area (TPSA) is 81.7 Å². The fraction of sp³-hybridized carbons (Fsp3) is 0.472. The minimum absolute atomic E-state index is 0.197. The first-order chi connectivity index (χ1) is 22.6. The second-order valence-electron chi connectivity index (χ2n) is 12.1.